The number of nitrogens with one attached hydrogen (secondary N) is 1. The molecule has 4 heteroatoms. The van der Waals surface area contributed by atoms with Crippen LogP contribution in [-0.4, -0.2) is 48.8 Å². The molecule has 2 aliphatic rings. The van der Waals surface area contributed by atoms with Gasteiger partial charge >= 0.3 is 0 Å². The van der Waals surface area contributed by atoms with E-state index in [1.165, 1.54) is 0 Å². The zero-order valence-electron chi connectivity index (χ0n) is 11.0. The Morgan fingerprint density at radius 3 is 2.71 bits per heavy atom. The number of piperazine rings is 1. The van der Waals surface area contributed by atoms with Gasteiger partial charge in [-0.25, -0.2) is 0 Å². The van der Waals surface area contributed by atoms with Crippen molar-refractivity contribution in [3.8, 4) is 6.07 Å². The van der Waals surface area contributed by atoms with Crippen molar-refractivity contribution in [1.29, 1.82) is 5.26 Å². The van der Waals surface area contributed by atoms with Crippen LogP contribution in [0.5, 0.6) is 0 Å². The van der Waals surface area contributed by atoms with Crippen LogP contribution in [0.2, 0.25) is 0 Å². The topological polar surface area (TPSA) is 48.3 Å². The molecule has 1 N–H and O–H groups in total. The third-order valence-electron chi connectivity index (χ3n) is 4.31. The number of hydrogen-bond donors (Lipinski definition) is 1. The molecule has 2 unspecified atom stereocenters. The Bertz CT molecular complexity index is 308. The van der Waals surface area contributed by atoms with Crippen molar-refractivity contribution in [3.05, 3.63) is 0 Å². The zero-order chi connectivity index (χ0) is 12.4. The van der Waals surface area contributed by atoms with Gasteiger partial charge in [0.1, 0.15) is 5.54 Å². The van der Waals surface area contributed by atoms with Gasteiger partial charge in [-0.2, -0.15) is 5.26 Å². The van der Waals surface area contributed by atoms with E-state index in [1.807, 2.05) is 0 Å². The molecule has 0 aromatic rings. The second-order valence-corrected chi connectivity index (χ2v) is 5.46. The molecular weight excluding hydrogens is 214 g/mol. The van der Waals surface area contributed by atoms with Crippen LogP contribution in [0.1, 0.15) is 33.1 Å². The van der Waals surface area contributed by atoms with E-state index in [4.69, 9.17) is 4.74 Å². The highest BCUT2D eigenvalue weighted by Gasteiger charge is 2.46. The van der Waals surface area contributed by atoms with Gasteiger partial charge in [0.05, 0.1) is 18.3 Å². The van der Waals surface area contributed by atoms with Crippen LogP contribution in [0.3, 0.4) is 0 Å². The average molecular weight is 237 g/mol. The Kier molecular flexibility index (Phi) is 3.72. The third kappa shape index (κ3) is 2.47. The lowest BCUT2D eigenvalue weighted by atomic mass is 9.78. The SMILES string of the molecule is CCC1(C)CC(C#N)(N2CCNCC2)CCO1. The van der Waals surface area contributed by atoms with E-state index in [0.717, 1.165) is 45.4 Å². The molecule has 96 valence electrons. The monoisotopic (exact) mass is 237 g/mol. The van der Waals surface area contributed by atoms with Crippen molar-refractivity contribution in [2.75, 3.05) is 32.8 Å². The predicted octanol–water partition coefficient (Wildman–Crippen LogP) is 1.13. The Labute approximate surface area is 104 Å². The summed E-state index contributed by atoms with van der Waals surface area (Å²) in [5.74, 6) is 0. The molecule has 2 rings (SSSR count). The van der Waals surface area contributed by atoms with Crippen LogP contribution in [0, 0.1) is 11.3 Å². The Morgan fingerprint density at radius 1 is 1.41 bits per heavy atom. The van der Waals surface area contributed by atoms with E-state index < -0.39 is 0 Å². The van der Waals surface area contributed by atoms with Crippen LogP contribution < -0.4 is 5.32 Å². The third-order valence-corrected chi connectivity index (χ3v) is 4.31. The molecule has 0 bridgehead atoms. The van der Waals surface area contributed by atoms with Crippen LogP contribution in [-0.2, 0) is 4.74 Å². The normalized spacial score (nSPS) is 39.8. The quantitative estimate of drug-likeness (QED) is 0.782. The minimum Gasteiger partial charge on any atom is -0.375 e. The van der Waals surface area contributed by atoms with Gasteiger partial charge in [-0.1, -0.05) is 6.92 Å². The Morgan fingerprint density at radius 2 is 2.12 bits per heavy atom. The maximum absolute atomic E-state index is 9.65. The highest BCUT2D eigenvalue weighted by Crippen LogP contribution is 2.38. The number of ether oxygens (including phenoxy) is 1. The fourth-order valence-corrected chi connectivity index (χ4v) is 2.98. The molecule has 2 atom stereocenters. The highest BCUT2D eigenvalue weighted by molar-refractivity contribution is 5.13. The summed E-state index contributed by atoms with van der Waals surface area (Å²) >= 11 is 0. The summed E-state index contributed by atoms with van der Waals surface area (Å²) in [5, 5.41) is 13.0. The van der Waals surface area contributed by atoms with Gasteiger partial charge in [-0.15, -0.1) is 0 Å². The first-order valence-electron chi connectivity index (χ1n) is 6.65. The van der Waals surface area contributed by atoms with Crippen molar-refractivity contribution in [2.24, 2.45) is 0 Å². The smallest absolute Gasteiger partial charge is 0.114 e. The lowest BCUT2D eigenvalue weighted by molar-refractivity contribution is -0.117. The van der Waals surface area contributed by atoms with Crippen LogP contribution >= 0.6 is 0 Å². The number of hydrogen-bond acceptors (Lipinski definition) is 4. The lowest BCUT2D eigenvalue weighted by Crippen LogP contribution is -2.60. The number of rotatable bonds is 2. The summed E-state index contributed by atoms with van der Waals surface area (Å²) in [6.45, 7) is 8.94. The molecule has 0 aliphatic carbocycles. The number of nitrogens with zero attached hydrogens (tertiary/aromatic N) is 2. The summed E-state index contributed by atoms with van der Waals surface area (Å²) < 4.78 is 5.87. The molecule has 0 amide bonds. The molecule has 2 fully saturated rings. The fourth-order valence-electron chi connectivity index (χ4n) is 2.98. The molecule has 2 aliphatic heterocycles. The molecule has 0 radical (unpaired) electrons. The average Bonchev–Trinajstić information content (AvgIpc) is 2.40. The minimum absolute atomic E-state index is 0.126. The summed E-state index contributed by atoms with van der Waals surface area (Å²) in [6.07, 6.45) is 2.66. The van der Waals surface area contributed by atoms with Crippen molar-refractivity contribution < 1.29 is 4.74 Å². The summed E-state index contributed by atoms with van der Waals surface area (Å²) in [5.41, 5.74) is -0.427. The molecule has 0 aromatic carbocycles. The molecule has 17 heavy (non-hydrogen) atoms. The molecule has 0 saturated carbocycles. The minimum atomic E-state index is -0.300. The van der Waals surface area contributed by atoms with Gasteiger partial charge < -0.3 is 10.1 Å². The van der Waals surface area contributed by atoms with Gasteiger partial charge in [-0.05, 0) is 13.3 Å². The molecule has 0 spiro atoms. The molecular formula is C13H23N3O. The zero-order valence-corrected chi connectivity index (χ0v) is 11.0. The van der Waals surface area contributed by atoms with E-state index in [9.17, 15) is 5.26 Å². The van der Waals surface area contributed by atoms with E-state index >= 15 is 0 Å². The first-order chi connectivity index (χ1) is 8.14. The van der Waals surface area contributed by atoms with Gasteiger partial charge in [0, 0.05) is 39.0 Å². The number of nitriles is 1. The van der Waals surface area contributed by atoms with E-state index in [1.54, 1.807) is 0 Å². The first kappa shape index (κ1) is 12.8. The Hall–Kier alpha value is -0.630. The summed E-state index contributed by atoms with van der Waals surface area (Å²) in [7, 11) is 0. The van der Waals surface area contributed by atoms with Gasteiger partial charge in [0.25, 0.3) is 0 Å². The first-order valence-corrected chi connectivity index (χ1v) is 6.65. The van der Waals surface area contributed by atoms with Crippen molar-refractivity contribution in [1.82, 2.24) is 10.2 Å². The Balaban J connectivity index is 2.15. The lowest BCUT2D eigenvalue weighted by Gasteiger charge is -2.49. The predicted molar refractivity (Wildman–Crippen MR) is 66.7 cm³/mol. The van der Waals surface area contributed by atoms with Gasteiger partial charge in [0.2, 0.25) is 0 Å². The van der Waals surface area contributed by atoms with Gasteiger partial charge in [-0.3, -0.25) is 4.90 Å². The van der Waals surface area contributed by atoms with Crippen LogP contribution in [0.25, 0.3) is 0 Å². The molecule has 0 aromatic heterocycles. The fraction of sp³-hybridized carbons (Fsp3) is 0.923. The molecule has 4 nitrogen and oxygen atoms in total. The highest BCUT2D eigenvalue weighted by atomic mass is 16.5. The van der Waals surface area contributed by atoms with Crippen LogP contribution in [0.15, 0.2) is 0 Å². The van der Waals surface area contributed by atoms with Crippen molar-refractivity contribution in [2.45, 2.75) is 44.2 Å². The van der Waals surface area contributed by atoms with Crippen molar-refractivity contribution in [3.63, 3.8) is 0 Å². The summed E-state index contributed by atoms with van der Waals surface area (Å²) in [6, 6.07) is 2.59. The maximum atomic E-state index is 9.65. The second kappa shape index (κ2) is 4.93. The summed E-state index contributed by atoms with van der Waals surface area (Å²) in [4.78, 5) is 2.36. The van der Waals surface area contributed by atoms with Crippen molar-refractivity contribution >= 4 is 0 Å². The molecule has 2 heterocycles. The van der Waals surface area contributed by atoms with E-state index in [-0.39, 0.29) is 11.1 Å². The standard InChI is InChI=1S/C13H23N3O/c1-3-12(2)10-13(11-14,4-9-17-12)16-7-5-15-6-8-16/h15H,3-10H2,1-2H3. The van der Waals surface area contributed by atoms with E-state index in [0.29, 0.717) is 6.61 Å². The second-order valence-electron chi connectivity index (χ2n) is 5.46. The molecule has 2 saturated heterocycles. The largest absolute Gasteiger partial charge is 0.375 e. The van der Waals surface area contributed by atoms with Crippen LogP contribution in [0.4, 0.5) is 0 Å². The van der Waals surface area contributed by atoms with E-state index in [2.05, 4.69) is 30.1 Å². The maximum Gasteiger partial charge on any atom is 0.114 e. The van der Waals surface area contributed by atoms with Gasteiger partial charge in [0.15, 0.2) is 0 Å².